The van der Waals surface area contributed by atoms with E-state index in [-0.39, 0.29) is 5.56 Å². The third-order valence-corrected chi connectivity index (χ3v) is 4.38. The van der Waals surface area contributed by atoms with Gasteiger partial charge in [-0.1, -0.05) is 59.8 Å². The molecular weight excluding hydrogens is 316 g/mol. The second-order valence-corrected chi connectivity index (χ2v) is 6.06. The Morgan fingerprint density at radius 3 is 2.68 bits per heavy atom. The van der Waals surface area contributed by atoms with Crippen LogP contribution < -0.4 is 5.56 Å². The van der Waals surface area contributed by atoms with Gasteiger partial charge in [-0.3, -0.25) is 9.36 Å². The third-order valence-electron chi connectivity index (χ3n) is 3.11. The van der Waals surface area contributed by atoms with Gasteiger partial charge in [0.1, 0.15) is 0 Å². The summed E-state index contributed by atoms with van der Waals surface area (Å²) in [6.45, 7) is 0. The fourth-order valence-corrected chi connectivity index (χ4v) is 3.09. The van der Waals surface area contributed by atoms with Gasteiger partial charge >= 0.3 is 0 Å². The Morgan fingerprint density at radius 2 is 1.91 bits per heavy atom. The van der Waals surface area contributed by atoms with Crippen LogP contribution in [0.15, 0.2) is 76.8 Å². The lowest BCUT2D eigenvalue weighted by Gasteiger charge is -2.07. The molecular formula is C17H13ClN2OS. The van der Waals surface area contributed by atoms with Crippen molar-refractivity contribution in [3.05, 3.63) is 87.9 Å². The number of thioether (sulfide) groups is 1. The molecule has 0 fully saturated rings. The van der Waals surface area contributed by atoms with Crippen molar-refractivity contribution in [1.29, 1.82) is 0 Å². The second kappa shape index (κ2) is 6.81. The summed E-state index contributed by atoms with van der Waals surface area (Å²) >= 11 is 7.43. The topological polar surface area (TPSA) is 34.9 Å². The summed E-state index contributed by atoms with van der Waals surface area (Å²) in [5.41, 5.74) is 1.76. The molecule has 0 radical (unpaired) electrons. The van der Waals surface area contributed by atoms with Crippen LogP contribution in [0.25, 0.3) is 5.69 Å². The normalized spacial score (nSPS) is 10.6. The van der Waals surface area contributed by atoms with Crippen molar-refractivity contribution in [1.82, 2.24) is 9.55 Å². The first-order chi connectivity index (χ1) is 10.7. The van der Waals surface area contributed by atoms with Crippen LogP contribution >= 0.6 is 23.4 Å². The standard InChI is InChI=1S/C17H13ClN2OS/c18-14-7-4-8-15(11-14)20-10-9-19-16(17(20)21)22-12-13-5-2-1-3-6-13/h1-11H,12H2. The zero-order valence-electron chi connectivity index (χ0n) is 11.6. The van der Waals surface area contributed by atoms with E-state index in [2.05, 4.69) is 4.98 Å². The van der Waals surface area contributed by atoms with Gasteiger partial charge in [-0.25, -0.2) is 4.98 Å². The molecule has 0 spiro atoms. The highest BCUT2D eigenvalue weighted by Crippen LogP contribution is 2.18. The molecule has 0 aliphatic rings. The smallest absolute Gasteiger partial charge is 0.280 e. The van der Waals surface area contributed by atoms with Crippen molar-refractivity contribution in [2.24, 2.45) is 0 Å². The minimum Gasteiger partial charge on any atom is -0.280 e. The molecule has 0 N–H and O–H groups in total. The Morgan fingerprint density at radius 1 is 1.09 bits per heavy atom. The maximum absolute atomic E-state index is 12.5. The molecule has 3 aromatic rings. The predicted molar refractivity (Wildman–Crippen MR) is 90.8 cm³/mol. The molecule has 0 aliphatic heterocycles. The van der Waals surface area contributed by atoms with Crippen LogP contribution in [0.2, 0.25) is 5.02 Å². The van der Waals surface area contributed by atoms with Crippen LogP contribution in [0.1, 0.15) is 5.56 Å². The van der Waals surface area contributed by atoms with E-state index >= 15 is 0 Å². The fourth-order valence-electron chi connectivity index (χ4n) is 2.05. The summed E-state index contributed by atoms with van der Waals surface area (Å²) in [6, 6.07) is 17.2. The molecule has 22 heavy (non-hydrogen) atoms. The number of rotatable bonds is 4. The van der Waals surface area contributed by atoms with Gasteiger partial charge in [0.15, 0.2) is 5.03 Å². The number of aromatic nitrogens is 2. The molecule has 1 aromatic heterocycles. The largest absolute Gasteiger partial charge is 0.287 e. The molecule has 0 amide bonds. The Labute approximate surface area is 137 Å². The summed E-state index contributed by atoms with van der Waals surface area (Å²) in [4.78, 5) is 16.7. The van der Waals surface area contributed by atoms with Crippen molar-refractivity contribution in [2.45, 2.75) is 10.8 Å². The maximum atomic E-state index is 12.5. The first-order valence-corrected chi connectivity index (χ1v) is 8.11. The average molecular weight is 329 g/mol. The zero-order valence-corrected chi connectivity index (χ0v) is 13.2. The highest BCUT2D eigenvalue weighted by atomic mass is 35.5. The summed E-state index contributed by atoms with van der Waals surface area (Å²) in [6.07, 6.45) is 3.29. The molecule has 0 unspecified atom stereocenters. The molecule has 0 aliphatic carbocycles. The van der Waals surface area contributed by atoms with Crippen LogP contribution in [0.4, 0.5) is 0 Å². The van der Waals surface area contributed by atoms with Gasteiger partial charge in [-0.05, 0) is 23.8 Å². The Hall–Kier alpha value is -2.04. The number of hydrogen-bond donors (Lipinski definition) is 0. The molecule has 0 atom stereocenters. The molecule has 1 heterocycles. The molecule has 110 valence electrons. The van der Waals surface area contributed by atoms with Crippen LogP contribution in [-0.4, -0.2) is 9.55 Å². The molecule has 5 heteroatoms. The lowest BCUT2D eigenvalue weighted by atomic mass is 10.2. The van der Waals surface area contributed by atoms with Gasteiger partial charge in [0.25, 0.3) is 5.56 Å². The maximum Gasteiger partial charge on any atom is 0.287 e. The van der Waals surface area contributed by atoms with E-state index in [4.69, 9.17) is 11.6 Å². The Kier molecular flexibility index (Phi) is 4.61. The molecule has 0 saturated carbocycles. The van der Waals surface area contributed by atoms with E-state index in [1.807, 2.05) is 42.5 Å². The van der Waals surface area contributed by atoms with Crippen LogP contribution in [-0.2, 0) is 5.75 Å². The molecule has 0 bridgehead atoms. The van der Waals surface area contributed by atoms with E-state index in [1.165, 1.54) is 11.8 Å². The summed E-state index contributed by atoms with van der Waals surface area (Å²) in [7, 11) is 0. The Bertz CT molecular complexity index is 833. The van der Waals surface area contributed by atoms with E-state index in [9.17, 15) is 4.79 Å². The summed E-state index contributed by atoms with van der Waals surface area (Å²) in [5, 5.41) is 1.08. The van der Waals surface area contributed by atoms with Gasteiger partial charge < -0.3 is 0 Å². The SMILES string of the molecule is O=c1c(SCc2ccccc2)nccn1-c1cccc(Cl)c1. The average Bonchev–Trinajstić information content (AvgIpc) is 2.55. The zero-order chi connectivity index (χ0) is 15.4. The number of nitrogens with zero attached hydrogens (tertiary/aromatic N) is 2. The monoisotopic (exact) mass is 328 g/mol. The van der Waals surface area contributed by atoms with Gasteiger partial charge in [-0.2, -0.15) is 0 Å². The van der Waals surface area contributed by atoms with Crippen molar-refractivity contribution >= 4 is 23.4 Å². The number of benzene rings is 2. The lowest BCUT2D eigenvalue weighted by Crippen LogP contribution is -2.20. The van der Waals surface area contributed by atoms with Crippen LogP contribution in [0, 0.1) is 0 Å². The van der Waals surface area contributed by atoms with Crippen molar-refractivity contribution < 1.29 is 0 Å². The summed E-state index contributed by atoms with van der Waals surface area (Å²) < 4.78 is 1.56. The van der Waals surface area contributed by atoms with Gasteiger partial charge in [0.05, 0.1) is 5.69 Å². The van der Waals surface area contributed by atoms with Crippen LogP contribution in [0.3, 0.4) is 0 Å². The van der Waals surface area contributed by atoms with E-state index in [1.54, 1.807) is 29.1 Å². The minimum atomic E-state index is -0.134. The number of halogens is 1. The second-order valence-electron chi connectivity index (χ2n) is 4.66. The first-order valence-electron chi connectivity index (χ1n) is 6.74. The van der Waals surface area contributed by atoms with Crippen molar-refractivity contribution in [2.75, 3.05) is 0 Å². The quantitative estimate of drug-likeness (QED) is 0.674. The fraction of sp³-hybridized carbons (Fsp3) is 0.0588. The predicted octanol–water partition coefficient (Wildman–Crippen LogP) is 4.18. The highest BCUT2D eigenvalue weighted by molar-refractivity contribution is 7.98. The van der Waals surface area contributed by atoms with Gasteiger partial charge in [0, 0.05) is 23.2 Å². The van der Waals surface area contributed by atoms with E-state index in [0.29, 0.717) is 15.8 Å². The van der Waals surface area contributed by atoms with Crippen molar-refractivity contribution in [3.8, 4) is 5.69 Å². The number of hydrogen-bond acceptors (Lipinski definition) is 3. The van der Waals surface area contributed by atoms with E-state index < -0.39 is 0 Å². The van der Waals surface area contributed by atoms with Crippen LogP contribution in [0.5, 0.6) is 0 Å². The van der Waals surface area contributed by atoms with E-state index in [0.717, 1.165) is 11.3 Å². The highest BCUT2D eigenvalue weighted by Gasteiger charge is 2.07. The van der Waals surface area contributed by atoms with Gasteiger partial charge in [-0.15, -0.1) is 0 Å². The molecule has 3 rings (SSSR count). The van der Waals surface area contributed by atoms with Gasteiger partial charge in [0.2, 0.25) is 0 Å². The molecule has 2 aromatic carbocycles. The molecule has 0 saturated heterocycles. The lowest BCUT2D eigenvalue weighted by molar-refractivity contribution is 0.882. The minimum absolute atomic E-state index is 0.134. The third kappa shape index (κ3) is 3.40. The summed E-state index contributed by atoms with van der Waals surface area (Å²) in [5.74, 6) is 0.711. The molecule has 3 nitrogen and oxygen atoms in total. The Balaban J connectivity index is 1.88. The van der Waals surface area contributed by atoms with Crippen molar-refractivity contribution in [3.63, 3.8) is 0 Å². The first kappa shape index (κ1) is 14.9.